The van der Waals surface area contributed by atoms with Crippen LogP contribution in [0.1, 0.15) is 54.9 Å². The van der Waals surface area contributed by atoms with Crippen LogP contribution >= 0.6 is 11.6 Å². The molecule has 1 aromatic heterocycles. The minimum absolute atomic E-state index is 0.120. The molecule has 1 saturated heterocycles. The number of carbonyl (C=O) groups excluding carboxylic acids is 1. The van der Waals surface area contributed by atoms with Crippen molar-refractivity contribution in [2.75, 3.05) is 0 Å². The second-order valence-corrected chi connectivity index (χ2v) is 9.69. The molecule has 0 radical (unpaired) electrons. The predicted molar refractivity (Wildman–Crippen MR) is 110 cm³/mol. The average Bonchev–Trinajstić information content (AvgIpc) is 3.01. The highest BCUT2D eigenvalue weighted by atomic mass is 35.5. The Balaban J connectivity index is 1.89. The Bertz CT molecular complexity index is 971. The number of aryl methyl sites for hydroxylation is 1. The normalized spacial score (nSPS) is 19.8. The third kappa shape index (κ3) is 4.08. The van der Waals surface area contributed by atoms with E-state index in [4.69, 9.17) is 11.6 Å². The first-order valence-electron chi connectivity index (χ1n) is 9.51. The monoisotopic (exact) mass is 420 g/mol. The summed E-state index contributed by atoms with van der Waals surface area (Å²) in [6.45, 7) is 5.83. The van der Waals surface area contributed by atoms with Gasteiger partial charge in [-0.1, -0.05) is 36.7 Å². The maximum atomic E-state index is 13.0. The first kappa shape index (κ1) is 20.8. The highest BCUT2D eigenvalue weighted by molar-refractivity contribution is 7.90. The Labute approximate surface area is 171 Å². The van der Waals surface area contributed by atoms with Crippen molar-refractivity contribution in [2.24, 2.45) is 0 Å². The minimum Gasteiger partial charge on any atom is -0.332 e. The summed E-state index contributed by atoms with van der Waals surface area (Å²) in [6.07, 6.45) is 2.86. The van der Waals surface area contributed by atoms with E-state index in [-0.39, 0.29) is 39.4 Å². The zero-order valence-electron chi connectivity index (χ0n) is 16.4. The van der Waals surface area contributed by atoms with Gasteiger partial charge in [0.05, 0.1) is 21.4 Å². The van der Waals surface area contributed by atoms with E-state index < -0.39 is 9.84 Å². The van der Waals surface area contributed by atoms with Crippen LogP contribution in [0, 0.1) is 6.92 Å². The van der Waals surface area contributed by atoms with Gasteiger partial charge < -0.3 is 4.90 Å². The summed E-state index contributed by atoms with van der Waals surface area (Å²) in [5.74, 6) is -0.434. The number of pyridine rings is 1. The van der Waals surface area contributed by atoms with Crippen molar-refractivity contribution in [3.63, 3.8) is 0 Å². The number of likely N-dealkylation sites (tertiary alicyclic amines) is 1. The number of nitrogens with zero attached hydrogens (tertiary/aromatic N) is 2. The van der Waals surface area contributed by atoms with Gasteiger partial charge in [0.25, 0.3) is 5.91 Å². The van der Waals surface area contributed by atoms with Crippen molar-refractivity contribution >= 4 is 27.3 Å². The summed E-state index contributed by atoms with van der Waals surface area (Å²) in [5, 5.41) is 0.198. The molecule has 28 heavy (non-hydrogen) atoms. The molecule has 2 heterocycles. The summed E-state index contributed by atoms with van der Waals surface area (Å²) in [5.41, 5.74) is 1.22. The highest BCUT2D eigenvalue weighted by Crippen LogP contribution is 2.29. The van der Waals surface area contributed by atoms with Gasteiger partial charge in [-0.3, -0.25) is 4.79 Å². The number of sulfone groups is 1. The van der Waals surface area contributed by atoms with E-state index in [0.717, 1.165) is 19.3 Å². The van der Waals surface area contributed by atoms with Crippen LogP contribution in [0.4, 0.5) is 0 Å². The molecule has 7 heteroatoms. The fourth-order valence-electron chi connectivity index (χ4n) is 3.93. The van der Waals surface area contributed by atoms with Crippen LogP contribution in [-0.2, 0) is 15.6 Å². The first-order valence-corrected chi connectivity index (χ1v) is 11.5. The molecule has 1 aliphatic heterocycles. The lowest BCUT2D eigenvalue weighted by atomic mass is 10.1. The zero-order chi connectivity index (χ0) is 20.5. The van der Waals surface area contributed by atoms with Crippen molar-refractivity contribution in [2.45, 2.75) is 62.8 Å². The fraction of sp³-hybridized carbons (Fsp3) is 0.429. The lowest BCUT2D eigenvalue weighted by Gasteiger charge is -2.27. The lowest BCUT2D eigenvalue weighted by molar-refractivity contribution is 0.0670. The van der Waals surface area contributed by atoms with Crippen molar-refractivity contribution in [3.05, 3.63) is 58.4 Å². The number of amides is 1. The lowest BCUT2D eigenvalue weighted by Crippen LogP contribution is -2.40. The van der Waals surface area contributed by atoms with Gasteiger partial charge in [0, 0.05) is 12.1 Å². The van der Waals surface area contributed by atoms with Crippen molar-refractivity contribution in [3.8, 4) is 0 Å². The SMILES string of the molecule is CCC1CCC(C)N1C(=O)c1cccc(CS(=O)(=O)c2c(C)cccc2Cl)n1. The summed E-state index contributed by atoms with van der Waals surface area (Å²) in [7, 11) is -3.68. The molecule has 0 bridgehead atoms. The Kier molecular flexibility index (Phi) is 6.10. The van der Waals surface area contributed by atoms with Gasteiger partial charge in [-0.25, -0.2) is 13.4 Å². The van der Waals surface area contributed by atoms with Gasteiger partial charge in [-0.2, -0.15) is 0 Å². The van der Waals surface area contributed by atoms with Gasteiger partial charge in [0.2, 0.25) is 0 Å². The van der Waals surface area contributed by atoms with Crippen molar-refractivity contribution < 1.29 is 13.2 Å². The number of rotatable bonds is 5. The number of carbonyl (C=O) groups is 1. The third-order valence-electron chi connectivity index (χ3n) is 5.33. The van der Waals surface area contributed by atoms with E-state index >= 15 is 0 Å². The van der Waals surface area contributed by atoms with Crippen LogP contribution in [0.3, 0.4) is 0 Å². The van der Waals surface area contributed by atoms with E-state index in [1.54, 1.807) is 43.3 Å². The molecule has 150 valence electrons. The molecule has 0 saturated carbocycles. The minimum atomic E-state index is -3.68. The molecule has 1 aromatic carbocycles. The average molecular weight is 421 g/mol. The van der Waals surface area contributed by atoms with E-state index in [2.05, 4.69) is 11.9 Å². The van der Waals surface area contributed by atoms with E-state index in [9.17, 15) is 13.2 Å². The maximum Gasteiger partial charge on any atom is 0.272 e. The smallest absolute Gasteiger partial charge is 0.272 e. The largest absolute Gasteiger partial charge is 0.332 e. The van der Waals surface area contributed by atoms with Gasteiger partial charge >= 0.3 is 0 Å². The molecular weight excluding hydrogens is 396 g/mol. The van der Waals surface area contributed by atoms with Crippen LogP contribution in [0.5, 0.6) is 0 Å². The number of hydrogen-bond donors (Lipinski definition) is 0. The van der Waals surface area contributed by atoms with Crippen LogP contribution in [-0.4, -0.2) is 36.3 Å². The molecule has 2 aromatic rings. The number of hydrogen-bond acceptors (Lipinski definition) is 4. The number of aromatic nitrogens is 1. The maximum absolute atomic E-state index is 13.0. The van der Waals surface area contributed by atoms with Crippen LogP contribution in [0.15, 0.2) is 41.3 Å². The zero-order valence-corrected chi connectivity index (χ0v) is 17.9. The van der Waals surface area contributed by atoms with Crippen LogP contribution < -0.4 is 0 Å². The first-order chi connectivity index (χ1) is 13.2. The predicted octanol–water partition coefficient (Wildman–Crippen LogP) is 4.42. The Morgan fingerprint density at radius 2 is 1.93 bits per heavy atom. The van der Waals surface area contributed by atoms with Gasteiger partial charge in [0.15, 0.2) is 9.84 Å². The second-order valence-electron chi connectivity index (χ2n) is 7.36. The molecule has 5 nitrogen and oxygen atoms in total. The Morgan fingerprint density at radius 1 is 1.21 bits per heavy atom. The topological polar surface area (TPSA) is 67.3 Å². The standard InChI is InChI=1S/C21H25ClN2O3S/c1-4-17-12-11-15(3)24(17)21(25)19-10-6-8-16(23-19)13-28(26,27)20-14(2)7-5-9-18(20)22/h5-10,15,17H,4,11-13H2,1-3H3. The van der Waals surface area contributed by atoms with E-state index in [0.29, 0.717) is 11.3 Å². The molecule has 0 aliphatic carbocycles. The Hall–Kier alpha value is -1.92. The van der Waals surface area contributed by atoms with Crippen molar-refractivity contribution in [1.29, 1.82) is 0 Å². The summed E-state index contributed by atoms with van der Waals surface area (Å²) >= 11 is 6.14. The number of benzene rings is 1. The molecule has 2 atom stereocenters. The van der Waals surface area contributed by atoms with Gasteiger partial charge in [-0.05, 0) is 56.9 Å². The Morgan fingerprint density at radius 3 is 2.61 bits per heavy atom. The second kappa shape index (κ2) is 8.21. The fourth-order valence-corrected chi connectivity index (χ4v) is 6.12. The summed E-state index contributed by atoms with van der Waals surface area (Å²) in [6, 6.07) is 10.3. The molecule has 2 unspecified atom stereocenters. The molecule has 0 N–H and O–H groups in total. The molecular formula is C21H25ClN2O3S. The van der Waals surface area contributed by atoms with Crippen molar-refractivity contribution in [1.82, 2.24) is 9.88 Å². The quantitative estimate of drug-likeness (QED) is 0.718. The van der Waals surface area contributed by atoms with Gasteiger partial charge in [-0.15, -0.1) is 0 Å². The third-order valence-corrected chi connectivity index (χ3v) is 7.60. The van der Waals surface area contributed by atoms with Gasteiger partial charge in [0.1, 0.15) is 5.69 Å². The summed E-state index contributed by atoms with van der Waals surface area (Å²) in [4.78, 5) is 19.4. The molecule has 1 aliphatic rings. The van der Waals surface area contributed by atoms with Crippen LogP contribution in [0.2, 0.25) is 5.02 Å². The number of halogens is 1. The molecule has 3 rings (SSSR count). The van der Waals surface area contributed by atoms with E-state index in [1.165, 1.54) is 0 Å². The summed E-state index contributed by atoms with van der Waals surface area (Å²) < 4.78 is 25.8. The molecule has 1 fully saturated rings. The highest BCUT2D eigenvalue weighted by Gasteiger charge is 2.34. The van der Waals surface area contributed by atoms with Crippen LogP contribution in [0.25, 0.3) is 0 Å². The van der Waals surface area contributed by atoms with E-state index in [1.807, 2.05) is 11.8 Å². The molecule has 0 spiro atoms. The molecule has 1 amide bonds.